The first-order valence-corrected chi connectivity index (χ1v) is 6.80. The van der Waals surface area contributed by atoms with Crippen LogP contribution in [0.2, 0.25) is 0 Å². The number of aromatic nitrogens is 1. The summed E-state index contributed by atoms with van der Waals surface area (Å²) < 4.78 is 1.14. The molecule has 0 aliphatic rings. The molecule has 1 radical (unpaired) electrons. The van der Waals surface area contributed by atoms with E-state index in [-0.39, 0.29) is 32.7 Å². The summed E-state index contributed by atoms with van der Waals surface area (Å²) in [7, 11) is 0. The molecule has 0 bridgehead atoms. The van der Waals surface area contributed by atoms with Gasteiger partial charge < -0.3 is 0 Å². The van der Waals surface area contributed by atoms with E-state index in [1.54, 1.807) is 11.3 Å². The monoisotopic (exact) mass is 355 g/mol. The molecular weight excluding hydrogens is 343 g/mol. The van der Waals surface area contributed by atoms with E-state index >= 15 is 0 Å². The van der Waals surface area contributed by atoms with Crippen LogP contribution in [-0.2, 0) is 32.7 Å². The normalized spacial score (nSPS) is 10.9. The fourth-order valence-corrected chi connectivity index (χ4v) is 2.60. The van der Waals surface area contributed by atoms with E-state index in [0.29, 0.717) is 5.13 Å². The quantitative estimate of drug-likeness (QED) is 0.464. The topological polar surface area (TPSA) is 37.6 Å². The van der Waals surface area contributed by atoms with E-state index in [4.69, 9.17) is 0 Å². The van der Waals surface area contributed by atoms with E-state index in [1.165, 1.54) is 5.56 Å². The number of hydrogen-bond acceptors (Lipinski definition) is 4. The smallest absolute Gasteiger partial charge is 0.217 e. The van der Waals surface area contributed by atoms with Crippen molar-refractivity contribution in [3.05, 3.63) is 53.6 Å². The second-order valence-electron chi connectivity index (χ2n) is 4.42. The summed E-state index contributed by atoms with van der Waals surface area (Å²) in [6.45, 7) is 4.09. The molecule has 3 rings (SSSR count). The van der Waals surface area contributed by atoms with Crippen molar-refractivity contribution >= 4 is 32.4 Å². The number of nitrogens with zero attached hydrogens (tertiary/aromatic N) is 3. The summed E-state index contributed by atoms with van der Waals surface area (Å²) in [6.07, 6.45) is 0. The second-order valence-corrected chi connectivity index (χ2v) is 5.43. The third-order valence-electron chi connectivity index (χ3n) is 2.73. The average Bonchev–Trinajstić information content (AvgIpc) is 2.80. The number of rotatable bonds is 2. The Balaban J connectivity index is 0.00000147. The molecule has 0 aliphatic heterocycles. The molecule has 0 saturated heterocycles. The van der Waals surface area contributed by atoms with Gasteiger partial charge in [-0.25, -0.2) is 4.98 Å². The van der Waals surface area contributed by atoms with Crippen LogP contribution in [0.4, 0.5) is 10.8 Å². The molecular formula is C15H12N3SY-. The van der Waals surface area contributed by atoms with Gasteiger partial charge >= 0.3 is 0 Å². The molecule has 5 heteroatoms. The molecule has 0 aliphatic carbocycles. The van der Waals surface area contributed by atoms with Crippen LogP contribution < -0.4 is 0 Å². The second kappa shape index (κ2) is 6.66. The van der Waals surface area contributed by atoms with Crippen molar-refractivity contribution in [2.45, 2.75) is 13.8 Å². The number of thiazole rings is 1. The first-order valence-electron chi connectivity index (χ1n) is 5.98. The molecule has 20 heavy (non-hydrogen) atoms. The summed E-state index contributed by atoms with van der Waals surface area (Å²) in [4.78, 5) is 4.43. The van der Waals surface area contributed by atoms with Crippen LogP contribution in [0.5, 0.6) is 0 Å². The van der Waals surface area contributed by atoms with Crippen LogP contribution >= 0.6 is 11.3 Å². The fraction of sp³-hybridized carbons (Fsp3) is 0.133. The number of hydrogen-bond donors (Lipinski definition) is 0. The zero-order valence-electron chi connectivity index (χ0n) is 11.3. The fourth-order valence-electron chi connectivity index (χ4n) is 1.72. The predicted octanol–water partition coefficient (Wildman–Crippen LogP) is 5.13. The molecule has 3 nitrogen and oxygen atoms in total. The van der Waals surface area contributed by atoms with E-state index in [1.807, 2.05) is 31.2 Å². The van der Waals surface area contributed by atoms with E-state index in [9.17, 15) is 0 Å². The minimum Gasteiger partial charge on any atom is -0.217 e. The van der Waals surface area contributed by atoms with E-state index in [0.717, 1.165) is 21.5 Å². The number of benzene rings is 2. The van der Waals surface area contributed by atoms with Crippen LogP contribution in [0.3, 0.4) is 0 Å². The summed E-state index contributed by atoms with van der Waals surface area (Å²) in [5, 5.41) is 9.00. The molecule has 0 amide bonds. The maximum absolute atomic E-state index is 4.43. The Morgan fingerprint density at radius 1 is 1.05 bits per heavy atom. The van der Waals surface area contributed by atoms with Gasteiger partial charge in [0, 0.05) is 32.7 Å². The maximum atomic E-state index is 4.43. The maximum Gasteiger partial charge on any atom is 0.230 e. The van der Waals surface area contributed by atoms with Gasteiger partial charge in [-0.3, -0.25) is 0 Å². The Bertz CT molecular complexity index is 747. The minimum atomic E-state index is 0. The molecule has 1 heterocycles. The zero-order chi connectivity index (χ0) is 13.2. The van der Waals surface area contributed by atoms with Crippen LogP contribution in [-0.4, -0.2) is 4.98 Å². The molecule has 1 aromatic heterocycles. The number of fused-ring (bicyclic) bond motifs is 1. The van der Waals surface area contributed by atoms with Crippen LogP contribution in [0.25, 0.3) is 10.2 Å². The predicted molar refractivity (Wildman–Crippen MR) is 78.5 cm³/mol. The van der Waals surface area contributed by atoms with Crippen LogP contribution in [0, 0.1) is 19.9 Å². The van der Waals surface area contributed by atoms with Gasteiger partial charge in [-0.15, -0.1) is 11.2 Å². The summed E-state index contributed by atoms with van der Waals surface area (Å²) in [5.74, 6) is 0. The molecule has 97 valence electrons. The first kappa shape index (κ1) is 15.4. The van der Waals surface area contributed by atoms with Crippen molar-refractivity contribution in [2.24, 2.45) is 10.2 Å². The number of aryl methyl sites for hydroxylation is 2. The Morgan fingerprint density at radius 2 is 1.85 bits per heavy atom. The average molecular weight is 355 g/mol. The molecule has 0 atom stereocenters. The van der Waals surface area contributed by atoms with Crippen molar-refractivity contribution in [2.75, 3.05) is 0 Å². The van der Waals surface area contributed by atoms with Crippen LogP contribution in [0.15, 0.2) is 46.6 Å². The molecule has 2 aromatic carbocycles. The largest absolute Gasteiger partial charge is 0.230 e. The Labute approximate surface area is 147 Å². The number of azo groups is 1. The zero-order valence-corrected chi connectivity index (χ0v) is 14.9. The van der Waals surface area contributed by atoms with Crippen molar-refractivity contribution in [3.8, 4) is 0 Å². The van der Waals surface area contributed by atoms with Crippen molar-refractivity contribution in [3.63, 3.8) is 0 Å². The van der Waals surface area contributed by atoms with E-state index < -0.39 is 0 Å². The third-order valence-corrected chi connectivity index (χ3v) is 3.63. The van der Waals surface area contributed by atoms with Gasteiger partial charge in [0.25, 0.3) is 0 Å². The Kier molecular flexibility index (Phi) is 5.13. The molecule has 0 unspecified atom stereocenters. The molecule has 3 aromatic rings. The van der Waals surface area contributed by atoms with Gasteiger partial charge in [0.2, 0.25) is 5.13 Å². The van der Waals surface area contributed by atoms with Crippen molar-refractivity contribution in [1.29, 1.82) is 0 Å². The standard InChI is InChI=1S/C15H12N3S.Y/c1-10-3-6-12(7-4-10)17-18-15-16-13-8-5-11(2)9-14(13)19-15;/h3-6,8-9H,1-2H3;/q-1;. The minimum absolute atomic E-state index is 0. The third kappa shape index (κ3) is 3.57. The van der Waals surface area contributed by atoms with Crippen molar-refractivity contribution < 1.29 is 32.7 Å². The van der Waals surface area contributed by atoms with Gasteiger partial charge in [-0.05, 0) is 30.3 Å². The summed E-state index contributed by atoms with van der Waals surface area (Å²) in [5.41, 5.74) is 4.08. The SMILES string of the molecule is Cc1c[c-]c(N=Nc2nc3ccc(C)cc3s2)cc1.[Y]. The van der Waals surface area contributed by atoms with Gasteiger partial charge in [-0.2, -0.15) is 28.9 Å². The van der Waals surface area contributed by atoms with Crippen molar-refractivity contribution in [1.82, 2.24) is 4.98 Å². The van der Waals surface area contributed by atoms with Gasteiger partial charge in [0.05, 0.1) is 10.2 Å². The molecule has 0 fully saturated rings. The van der Waals surface area contributed by atoms with E-state index in [2.05, 4.69) is 40.3 Å². The summed E-state index contributed by atoms with van der Waals surface area (Å²) >= 11 is 1.55. The van der Waals surface area contributed by atoms with Gasteiger partial charge in [0.15, 0.2) is 0 Å². The molecule has 0 saturated carbocycles. The Morgan fingerprint density at radius 3 is 2.60 bits per heavy atom. The molecule has 0 N–H and O–H groups in total. The molecule has 0 spiro atoms. The van der Waals surface area contributed by atoms with Gasteiger partial charge in [0.1, 0.15) is 0 Å². The first-order chi connectivity index (χ1) is 9.20. The Hall–Kier alpha value is -0.966. The summed E-state index contributed by atoms with van der Waals surface area (Å²) in [6, 6.07) is 15.0. The van der Waals surface area contributed by atoms with Gasteiger partial charge in [-0.1, -0.05) is 24.3 Å². The van der Waals surface area contributed by atoms with Crippen LogP contribution in [0.1, 0.15) is 11.1 Å².